The lowest BCUT2D eigenvalue weighted by Crippen LogP contribution is -2.10. The number of aromatic hydroxyl groups is 1. The minimum Gasteiger partial charge on any atom is -0.493 e. The van der Waals surface area contributed by atoms with E-state index in [1.54, 1.807) is 0 Å². The molecule has 0 spiro atoms. The second-order valence-electron chi connectivity index (χ2n) is 4.83. The Labute approximate surface area is 130 Å². The van der Waals surface area contributed by atoms with E-state index in [4.69, 9.17) is 0 Å². The second-order valence-corrected chi connectivity index (χ2v) is 4.83. The van der Waals surface area contributed by atoms with Crippen molar-refractivity contribution in [3.8, 4) is 5.88 Å². The average Bonchev–Trinajstić information content (AvgIpc) is 2.86. The predicted octanol–water partition coefficient (Wildman–Crippen LogP) is 3.74. The Hall–Kier alpha value is -3.22. The zero-order valence-electron chi connectivity index (χ0n) is 12.0. The van der Waals surface area contributed by atoms with Crippen molar-refractivity contribution in [2.75, 3.05) is 11.9 Å². The molecule has 7 heteroatoms. The summed E-state index contributed by atoms with van der Waals surface area (Å²) in [6.45, 7) is -0.0226. The molecule has 0 fully saturated rings. The standard InChI is InChI=1S/C16H13FN4O2/c17-10-6-7-12-13(8-10)19-16(23)15(12)21-20-14(22)9-18-11-4-2-1-3-5-11/h1-8,18-19,23H,9H2. The number of aromatic amines is 1. The van der Waals surface area contributed by atoms with Gasteiger partial charge < -0.3 is 15.4 Å². The molecule has 1 amide bonds. The highest BCUT2D eigenvalue weighted by molar-refractivity contribution is 5.94. The number of hydrogen-bond acceptors (Lipinski definition) is 4. The number of aromatic nitrogens is 1. The maximum Gasteiger partial charge on any atom is 0.283 e. The molecule has 0 saturated carbocycles. The van der Waals surface area contributed by atoms with Gasteiger partial charge in [0.25, 0.3) is 5.91 Å². The third kappa shape index (κ3) is 3.34. The molecule has 2 aromatic carbocycles. The molecule has 0 aliphatic rings. The van der Waals surface area contributed by atoms with Gasteiger partial charge in [-0.15, -0.1) is 10.2 Å². The van der Waals surface area contributed by atoms with E-state index in [1.807, 2.05) is 30.3 Å². The van der Waals surface area contributed by atoms with Gasteiger partial charge in [0, 0.05) is 11.1 Å². The molecule has 23 heavy (non-hydrogen) atoms. The van der Waals surface area contributed by atoms with Gasteiger partial charge in [-0.3, -0.25) is 4.79 Å². The average molecular weight is 312 g/mol. The molecule has 0 aliphatic heterocycles. The van der Waals surface area contributed by atoms with Gasteiger partial charge in [0.15, 0.2) is 5.69 Å². The summed E-state index contributed by atoms with van der Waals surface area (Å²) < 4.78 is 13.1. The number of nitrogens with zero attached hydrogens (tertiary/aromatic N) is 2. The molecule has 0 bridgehead atoms. The van der Waals surface area contributed by atoms with E-state index in [0.29, 0.717) is 10.9 Å². The van der Waals surface area contributed by atoms with Crippen LogP contribution in [0.3, 0.4) is 0 Å². The number of nitrogens with one attached hydrogen (secondary N) is 2. The Balaban J connectivity index is 1.72. The number of H-pyrrole nitrogens is 1. The molecule has 6 nitrogen and oxygen atoms in total. The molecule has 0 atom stereocenters. The van der Waals surface area contributed by atoms with Crippen LogP contribution in [-0.4, -0.2) is 22.5 Å². The number of anilines is 1. The van der Waals surface area contributed by atoms with Gasteiger partial charge in [-0.1, -0.05) is 18.2 Å². The van der Waals surface area contributed by atoms with Crippen LogP contribution in [-0.2, 0) is 4.79 Å². The highest BCUT2D eigenvalue weighted by Gasteiger charge is 2.11. The van der Waals surface area contributed by atoms with Crippen LogP contribution in [0.2, 0.25) is 0 Å². The minimum atomic E-state index is -0.496. The molecule has 116 valence electrons. The third-order valence-corrected chi connectivity index (χ3v) is 3.19. The zero-order valence-corrected chi connectivity index (χ0v) is 12.0. The number of carbonyl (C=O) groups is 1. The van der Waals surface area contributed by atoms with Crippen molar-refractivity contribution < 1.29 is 14.3 Å². The molecule has 0 unspecified atom stereocenters. The van der Waals surface area contributed by atoms with Crippen molar-refractivity contribution in [2.45, 2.75) is 0 Å². The Morgan fingerprint density at radius 2 is 2.00 bits per heavy atom. The summed E-state index contributed by atoms with van der Waals surface area (Å²) in [5, 5.41) is 20.5. The molecule has 3 rings (SSSR count). The lowest BCUT2D eigenvalue weighted by Gasteiger charge is -2.01. The molecule has 3 aromatic rings. The van der Waals surface area contributed by atoms with E-state index in [2.05, 4.69) is 20.5 Å². The van der Waals surface area contributed by atoms with Crippen molar-refractivity contribution in [2.24, 2.45) is 10.2 Å². The first-order chi connectivity index (χ1) is 11.1. The van der Waals surface area contributed by atoms with Gasteiger partial charge in [0.05, 0.1) is 12.1 Å². The summed E-state index contributed by atoms with van der Waals surface area (Å²) in [7, 11) is 0. The molecule has 1 heterocycles. The summed E-state index contributed by atoms with van der Waals surface area (Å²) in [6, 6.07) is 13.1. The fourth-order valence-corrected chi connectivity index (χ4v) is 2.12. The van der Waals surface area contributed by atoms with Crippen molar-refractivity contribution >= 4 is 28.2 Å². The van der Waals surface area contributed by atoms with Crippen molar-refractivity contribution in [3.05, 3.63) is 54.3 Å². The number of amides is 1. The zero-order chi connectivity index (χ0) is 16.2. The molecule has 0 radical (unpaired) electrons. The molecule has 1 aromatic heterocycles. The van der Waals surface area contributed by atoms with E-state index in [0.717, 1.165) is 5.69 Å². The number of fused-ring (bicyclic) bond motifs is 1. The topological polar surface area (TPSA) is 89.8 Å². The number of carbonyl (C=O) groups excluding carboxylic acids is 1. The van der Waals surface area contributed by atoms with E-state index >= 15 is 0 Å². The van der Waals surface area contributed by atoms with Crippen molar-refractivity contribution in [1.29, 1.82) is 0 Å². The largest absolute Gasteiger partial charge is 0.493 e. The fraction of sp³-hybridized carbons (Fsp3) is 0.0625. The lowest BCUT2D eigenvalue weighted by molar-refractivity contribution is -0.116. The number of rotatable bonds is 4. The summed E-state index contributed by atoms with van der Waals surface area (Å²) in [6.07, 6.45) is 0. The SMILES string of the molecule is O=C(CNc1ccccc1)N=Nc1c(O)[nH]c2cc(F)ccc12. The van der Waals surface area contributed by atoms with E-state index in [-0.39, 0.29) is 18.1 Å². The van der Waals surface area contributed by atoms with Crippen LogP contribution in [0.5, 0.6) is 5.88 Å². The number of halogens is 1. The molecular weight excluding hydrogens is 299 g/mol. The van der Waals surface area contributed by atoms with E-state index in [1.165, 1.54) is 18.2 Å². The Morgan fingerprint density at radius 1 is 1.22 bits per heavy atom. The van der Waals surface area contributed by atoms with Crippen LogP contribution in [0.25, 0.3) is 10.9 Å². The maximum atomic E-state index is 13.1. The highest BCUT2D eigenvalue weighted by atomic mass is 19.1. The first kappa shape index (κ1) is 14.7. The molecule has 0 aliphatic carbocycles. The van der Waals surface area contributed by atoms with Gasteiger partial charge >= 0.3 is 0 Å². The van der Waals surface area contributed by atoms with Crippen LogP contribution >= 0.6 is 0 Å². The van der Waals surface area contributed by atoms with Crippen LogP contribution in [0.1, 0.15) is 0 Å². The van der Waals surface area contributed by atoms with E-state index in [9.17, 15) is 14.3 Å². The van der Waals surface area contributed by atoms with Gasteiger partial charge in [-0.05, 0) is 30.3 Å². The number of hydrogen-bond donors (Lipinski definition) is 3. The summed E-state index contributed by atoms with van der Waals surface area (Å²) >= 11 is 0. The molecule has 0 saturated heterocycles. The van der Waals surface area contributed by atoms with Gasteiger partial charge in [0.1, 0.15) is 5.82 Å². The van der Waals surface area contributed by atoms with Crippen LogP contribution in [0.15, 0.2) is 58.8 Å². The summed E-state index contributed by atoms with van der Waals surface area (Å²) in [4.78, 5) is 14.3. The highest BCUT2D eigenvalue weighted by Crippen LogP contribution is 2.35. The maximum absolute atomic E-state index is 13.1. The fourth-order valence-electron chi connectivity index (χ4n) is 2.12. The number of benzene rings is 2. The first-order valence-electron chi connectivity index (χ1n) is 6.87. The van der Waals surface area contributed by atoms with Crippen molar-refractivity contribution in [1.82, 2.24) is 4.98 Å². The van der Waals surface area contributed by atoms with Gasteiger partial charge in [-0.2, -0.15) is 0 Å². The minimum absolute atomic E-state index is 0.0226. The Morgan fingerprint density at radius 3 is 2.78 bits per heavy atom. The normalized spacial score (nSPS) is 11.2. The quantitative estimate of drug-likeness (QED) is 0.641. The first-order valence-corrected chi connectivity index (χ1v) is 6.87. The van der Waals surface area contributed by atoms with Gasteiger partial charge in [-0.25, -0.2) is 4.39 Å². The lowest BCUT2D eigenvalue weighted by atomic mass is 10.2. The summed E-state index contributed by atoms with van der Waals surface area (Å²) in [5.41, 5.74) is 1.28. The van der Waals surface area contributed by atoms with Crippen LogP contribution in [0, 0.1) is 5.82 Å². The van der Waals surface area contributed by atoms with Gasteiger partial charge in [0.2, 0.25) is 5.88 Å². The van der Waals surface area contributed by atoms with Crippen molar-refractivity contribution in [3.63, 3.8) is 0 Å². The van der Waals surface area contributed by atoms with Crippen LogP contribution < -0.4 is 5.32 Å². The smallest absolute Gasteiger partial charge is 0.283 e. The number of para-hydroxylation sites is 1. The summed E-state index contributed by atoms with van der Waals surface area (Å²) in [5.74, 6) is -1.20. The Bertz CT molecular complexity index is 874. The van der Waals surface area contributed by atoms with Crippen LogP contribution in [0.4, 0.5) is 15.8 Å². The third-order valence-electron chi connectivity index (χ3n) is 3.19. The molecule has 3 N–H and O–H groups in total. The van der Waals surface area contributed by atoms with E-state index < -0.39 is 11.7 Å². The second kappa shape index (κ2) is 6.27. The molecular formula is C16H13FN4O2. The number of azo groups is 1. The predicted molar refractivity (Wildman–Crippen MR) is 84.4 cm³/mol. The Kier molecular flexibility index (Phi) is 4.01. The monoisotopic (exact) mass is 312 g/mol.